The van der Waals surface area contributed by atoms with Gasteiger partial charge < -0.3 is 5.32 Å². The zero-order valence-corrected chi connectivity index (χ0v) is 16.0. The van der Waals surface area contributed by atoms with Gasteiger partial charge in [0.25, 0.3) is 0 Å². The van der Waals surface area contributed by atoms with Gasteiger partial charge in [-0.25, -0.2) is 15.0 Å². The molecule has 0 aliphatic heterocycles. The molecule has 0 aliphatic rings. The Hall–Kier alpha value is -4.18. The summed E-state index contributed by atoms with van der Waals surface area (Å²) >= 11 is 6.08. The lowest BCUT2D eigenvalue weighted by atomic mass is 10.1. The lowest BCUT2D eigenvalue weighted by Gasteiger charge is -2.06. The van der Waals surface area contributed by atoms with Gasteiger partial charge >= 0.3 is 0 Å². The van der Waals surface area contributed by atoms with Gasteiger partial charge in [0.15, 0.2) is 11.5 Å². The highest BCUT2D eigenvalue weighted by Gasteiger charge is 2.13. The predicted octanol–water partition coefficient (Wildman–Crippen LogP) is 3.68. The largest absolute Gasteiger partial charge is 0.339 e. The normalized spacial score (nSPS) is 11.4. The van der Waals surface area contributed by atoms with Gasteiger partial charge in [0.2, 0.25) is 5.82 Å². The van der Waals surface area contributed by atoms with Gasteiger partial charge in [-0.2, -0.15) is 10.3 Å². The maximum Gasteiger partial charge on any atom is 0.205 e. The molecule has 30 heavy (non-hydrogen) atoms. The van der Waals surface area contributed by atoms with Crippen LogP contribution in [0.5, 0.6) is 0 Å². The molecule has 0 spiro atoms. The van der Waals surface area contributed by atoms with Crippen molar-refractivity contribution in [2.45, 2.75) is 0 Å². The molecule has 3 heterocycles. The summed E-state index contributed by atoms with van der Waals surface area (Å²) in [4.78, 5) is 13.1. The number of aromatic amines is 2. The first-order valence-corrected chi connectivity index (χ1v) is 9.24. The van der Waals surface area contributed by atoms with Crippen LogP contribution in [0.25, 0.3) is 22.4 Å². The van der Waals surface area contributed by atoms with E-state index < -0.39 is 0 Å². The summed E-state index contributed by atoms with van der Waals surface area (Å²) in [6.45, 7) is 0. The van der Waals surface area contributed by atoms with E-state index in [0.717, 1.165) is 16.8 Å². The van der Waals surface area contributed by atoms with Gasteiger partial charge in [-0.1, -0.05) is 41.9 Å². The molecular formula is C19H13ClN10. The van der Waals surface area contributed by atoms with E-state index in [4.69, 9.17) is 11.6 Å². The van der Waals surface area contributed by atoms with Crippen LogP contribution in [-0.2, 0) is 0 Å². The first-order chi connectivity index (χ1) is 14.8. The molecule has 0 saturated carbocycles. The Morgan fingerprint density at radius 1 is 1.03 bits per heavy atom. The summed E-state index contributed by atoms with van der Waals surface area (Å²) < 4.78 is 0. The van der Waals surface area contributed by atoms with Crippen molar-refractivity contribution in [1.29, 1.82) is 0 Å². The Bertz CT molecular complexity index is 1340. The van der Waals surface area contributed by atoms with Crippen LogP contribution >= 0.6 is 11.6 Å². The van der Waals surface area contributed by atoms with E-state index in [1.807, 2.05) is 36.4 Å². The van der Waals surface area contributed by atoms with Crippen molar-refractivity contribution in [2.24, 2.45) is 4.99 Å². The maximum absolute atomic E-state index is 6.08. The summed E-state index contributed by atoms with van der Waals surface area (Å²) in [5, 5.41) is 25.8. The van der Waals surface area contributed by atoms with Crippen LogP contribution in [0.4, 0.5) is 17.3 Å². The number of H-pyrrole nitrogens is 2. The first-order valence-electron chi connectivity index (χ1n) is 8.86. The van der Waals surface area contributed by atoms with Crippen molar-refractivity contribution in [2.75, 3.05) is 5.32 Å². The van der Waals surface area contributed by atoms with Crippen LogP contribution in [0.15, 0.2) is 59.9 Å². The molecule has 0 fully saturated rings. The van der Waals surface area contributed by atoms with Crippen LogP contribution in [0, 0.1) is 0 Å². The van der Waals surface area contributed by atoms with E-state index in [1.54, 1.807) is 18.3 Å². The van der Waals surface area contributed by atoms with E-state index in [9.17, 15) is 0 Å². The molecule has 146 valence electrons. The molecule has 0 unspecified atom stereocenters. The van der Waals surface area contributed by atoms with Gasteiger partial charge in [0.05, 0.1) is 0 Å². The van der Waals surface area contributed by atoms with E-state index in [2.05, 4.69) is 51.1 Å². The standard InChI is InChI=1S/C19H13ClN10/c20-12-5-3-6-13(8-12)24-17-15-18(25-26-19(15)23-10-22-17)21-9-11-4-1-2-7-14(11)16-27-29-30-28-16/h1-10H,(H,27,28,29,30)(H2,22,23,24,25,26)/b21-9+. The second-order valence-corrected chi connectivity index (χ2v) is 6.65. The van der Waals surface area contributed by atoms with Crippen LogP contribution in [0.1, 0.15) is 5.56 Å². The van der Waals surface area contributed by atoms with E-state index in [1.165, 1.54) is 6.33 Å². The molecule has 5 aromatic rings. The van der Waals surface area contributed by atoms with Crippen LogP contribution < -0.4 is 5.32 Å². The summed E-state index contributed by atoms with van der Waals surface area (Å²) in [7, 11) is 0. The number of fused-ring (bicyclic) bond motifs is 1. The number of nitrogens with zero attached hydrogens (tertiary/aromatic N) is 7. The second-order valence-electron chi connectivity index (χ2n) is 6.21. The molecule has 3 N–H and O–H groups in total. The van der Waals surface area contributed by atoms with Gasteiger partial charge in [-0.3, -0.25) is 5.10 Å². The molecule has 0 bridgehead atoms. The highest BCUT2D eigenvalue weighted by Crippen LogP contribution is 2.30. The summed E-state index contributed by atoms with van der Waals surface area (Å²) in [6, 6.07) is 15.0. The fraction of sp³-hybridized carbons (Fsp3) is 0. The van der Waals surface area contributed by atoms with E-state index in [-0.39, 0.29) is 0 Å². The number of hydrogen-bond acceptors (Lipinski definition) is 8. The fourth-order valence-electron chi connectivity index (χ4n) is 2.96. The second kappa shape index (κ2) is 7.68. The Balaban J connectivity index is 1.53. The van der Waals surface area contributed by atoms with Gasteiger partial charge in [0, 0.05) is 28.1 Å². The number of benzene rings is 2. The molecule has 10 nitrogen and oxygen atoms in total. The van der Waals surface area contributed by atoms with Crippen LogP contribution in [0.3, 0.4) is 0 Å². The van der Waals surface area contributed by atoms with Crippen LogP contribution in [-0.4, -0.2) is 47.0 Å². The molecular weight excluding hydrogens is 404 g/mol. The average Bonchev–Trinajstić information content (AvgIpc) is 3.43. The predicted molar refractivity (Wildman–Crippen MR) is 113 cm³/mol. The summed E-state index contributed by atoms with van der Waals surface area (Å²) in [5.41, 5.74) is 2.91. The van der Waals surface area contributed by atoms with E-state index >= 15 is 0 Å². The smallest absolute Gasteiger partial charge is 0.205 e. The molecule has 11 heteroatoms. The van der Waals surface area contributed by atoms with E-state index in [0.29, 0.717) is 33.5 Å². The highest BCUT2D eigenvalue weighted by molar-refractivity contribution is 6.30. The molecule has 3 aromatic heterocycles. The molecule has 0 radical (unpaired) electrons. The zero-order chi connectivity index (χ0) is 20.3. The van der Waals surface area contributed by atoms with Crippen LogP contribution in [0.2, 0.25) is 5.02 Å². The molecule has 2 aromatic carbocycles. The third-order valence-corrected chi connectivity index (χ3v) is 4.53. The lowest BCUT2D eigenvalue weighted by Crippen LogP contribution is -1.95. The SMILES string of the molecule is Clc1cccc(Nc2ncnc3n[nH]c(/N=C/c4ccccc4-c4nn[nH]n4)c23)c1. The van der Waals surface area contributed by atoms with Gasteiger partial charge in [-0.05, 0) is 23.4 Å². The molecule has 0 amide bonds. The monoisotopic (exact) mass is 416 g/mol. The van der Waals surface area contributed by atoms with Crippen molar-refractivity contribution in [3.8, 4) is 11.4 Å². The van der Waals surface area contributed by atoms with Crippen molar-refractivity contribution < 1.29 is 0 Å². The van der Waals surface area contributed by atoms with Crippen molar-refractivity contribution in [1.82, 2.24) is 40.8 Å². The summed E-state index contributed by atoms with van der Waals surface area (Å²) in [6.07, 6.45) is 3.14. The minimum atomic E-state index is 0.484. The van der Waals surface area contributed by atoms with Gasteiger partial charge in [-0.15, -0.1) is 10.2 Å². The summed E-state index contributed by atoms with van der Waals surface area (Å²) in [5.74, 6) is 1.56. The maximum atomic E-state index is 6.08. The number of anilines is 2. The third kappa shape index (κ3) is 3.47. The topological polar surface area (TPSA) is 133 Å². The Morgan fingerprint density at radius 2 is 1.97 bits per heavy atom. The quantitative estimate of drug-likeness (QED) is 0.372. The molecule has 5 rings (SSSR count). The average molecular weight is 417 g/mol. The first kappa shape index (κ1) is 17.9. The number of rotatable bonds is 5. The number of halogens is 1. The van der Waals surface area contributed by atoms with Crippen molar-refractivity contribution >= 4 is 46.2 Å². The molecule has 0 saturated heterocycles. The van der Waals surface area contributed by atoms with Crippen molar-refractivity contribution in [3.05, 3.63) is 65.4 Å². The lowest BCUT2D eigenvalue weighted by molar-refractivity contribution is 0.881. The third-order valence-electron chi connectivity index (χ3n) is 4.30. The minimum Gasteiger partial charge on any atom is -0.339 e. The van der Waals surface area contributed by atoms with Gasteiger partial charge in [0.1, 0.15) is 17.5 Å². The Morgan fingerprint density at radius 3 is 2.83 bits per heavy atom. The minimum absolute atomic E-state index is 0.484. The number of aromatic nitrogens is 8. The number of aliphatic imine (C=N–C) groups is 1. The number of tetrazole rings is 1. The zero-order valence-electron chi connectivity index (χ0n) is 15.3. The molecule has 0 aliphatic carbocycles. The molecule has 0 atom stereocenters. The fourth-order valence-corrected chi connectivity index (χ4v) is 3.15. The number of hydrogen-bond donors (Lipinski definition) is 3. The Labute approximate surface area is 174 Å². The number of nitrogens with one attached hydrogen (secondary N) is 3. The Kier molecular flexibility index (Phi) is 4.58. The van der Waals surface area contributed by atoms with Crippen molar-refractivity contribution in [3.63, 3.8) is 0 Å². The highest BCUT2D eigenvalue weighted by atomic mass is 35.5.